The van der Waals surface area contributed by atoms with Crippen LogP contribution in [-0.4, -0.2) is 15.2 Å². The fourth-order valence-electron chi connectivity index (χ4n) is 1.11. The van der Waals surface area contributed by atoms with Crippen LogP contribution in [0, 0.1) is 5.92 Å². The first-order valence-corrected chi connectivity index (χ1v) is 4.05. The highest BCUT2D eigenvalue weighted by atomic mass is 15.3. The van der Waals surface area contributed by atoms with Crippen molar-refractivity contribution in [1.82, 2.24) is 20.6 Å². The molecule has 0 radical (unpaired) electrons. The third-order valence-corrected chi connectivity index (χ3v) is 1.67. The van der Waals surface area contributed by atoms with Gasteiger partial charge in [-0.3, -0.25) is 10.9 Å². The number of nitrogens with zero attached hydrogens (tertiary/aromatic N) is 2. The van der Waals surface area contributed by atoms with E-state index in [1.54, 1.807) is 0 Å². The molecule has 0 bridgehead atoms. The van der Waals surface area contributed by atoms with Crippen molar-refractivity contribution in [2.24, 2.45) is 11.8 Å². The molecule has 4 N–H and O–H groups in total. The molecular formula is C7H15N5. The van der Waals surface area contributed by atoms with Gasteiger partial charge in [0.1, 0.15) is 12.2 Å². The number of aromatic amines is 1. The van der Waals surface area contributed by atoms with Crippen LogP contribution in [0.3, 0.4) is 0 Å². The summed E-state index contributed by atoms with van der Waals surface area (Å²) in [6, 6.07) is 0.0764. The fourth-order valence-corrected chi connectivity index (χ4v) is 1.11. The maximum atomic E-state index is 5.37. The molecular weight excluding hydrogens is 154 g/mol. The van der Waals surface area contributed by atoms with E-state index in [1.807, 2.05) is 0 Å². The minimum atomic E-state index is 0.0764. The van der Waals surface area contributed by atoms with Crippen LogP contribution in [-0.2, 0) is 0 Å². The third kappa shape index (κ3) is 2.28. The van der Waals surface area contributed by atoms with Gasteiger partial charge in [0.15, 0.2) is 0 Å². The molecule has 12 heavy (non-hydrogen) atoms. The second-order valence-electron chi connectivity index (χ2n) is 3.22. The summed E-state index contributed by atoms with van der Waals surface area (Å²) in [6.45, 7) is 4.28. The number of hydrogen-bond acceptors (Lipinski definition) is 4. The summed E-state index contributed by atoms with van der Waals surface area (Å²) in [5.41, 5.74) is 2.70. The highest BCUT2D eigenvalue weighted by Gasteiger charge is 2.13. The lowest BCUT2D eigenvalue weighted by Gasteiger charge is -2.14. The van der Waals surface area contributed by atoms with E-state index < -0.39 is 0 Å². The molecule has 0 fully saturated rings. The van der Waals surface area contributed by atoms with Crippen LogP contribution >= 0.6 is 0 Å². The zero-order valence-electron chi connectivity index (χ0n) is 7.41. The summed E-state index contributed by atoms with van der Waals surface area (Å²) in [7, 11) is 0. The average molecular weight is 169 g/mol. The first-order chi connectivity index (χ1) is 5.74. The van der Waals surface area contributed by atoms with Gasteiger partial charge in [0, 0.05) is 0 Å². The quantitative estimate of drug-likeness (QED) is 0.449. The number of aromatic nitrogens is 3. The Bertz CT molecular complexity index is 206. The van der Waals surface area contributed by atoms with Gasteiger partial charge in [-0.2, -0.15) is 5.10 Å². The van der Waals surface area contributed by atoms with Crippen LogP contribution in [0.25, 0.3) is 0 Å². The van der Waals surface area contributed by atoms with Gasteiger partial charge in [-0.25, -0.2) is 10.4 Å². The van der Waals surface area contributed by atoms with Gasteiger partial charge in [0.2, 0.25) is 0 Å². The Morgan fingerprint density at radius 2 is 2.42 bits per heavy atom. The van der Waals surface area contributed by atoms with Gasteiger partial charge in [0.05, 0.1) is 6.04 Å². The van der Waals surface area contributed by atoms with Gasteiger partial charge in [0.25, 0.3) is 0 Å². The number of nitrogens with one attached hydrogen (secondary N) is 2. The Labute approximate surface area is 71.7 Å². The maximum absolute atomic E-state index is 5.37. The van der Waals surface area contributed by atoms with Crippen molar-refractivity contribution in [2.75, 3.05) is 0 Å². The first kappa shape index (κ1) is 9.15. The van der Waals surface area contributed by atoms with E-state index in [1.165, 1.54) is 6.33 Å². The molecule has 0 saturated heterocycles. The van der Waals surface area contributed by atoms with Crippen LogP contribution in [0.1, 0.15) is 32.1 Å². The van der Waals surface area contributed by atoms with Gasteiger partial charge >= 0.3 is 0 Å². The third-order valence-electron chi connectivity index (χ3n) is 1.67. The molecule has 1 aromatic heterocycles. The fraction of sp³-hybridized carbons (Fsp3) is 0.714. The number of rotatable bonds is 4. The second kappa shape index (κ2) is 4.18. The molecule has 1 rings (SSSR count). The van der Waals surface area contributed by atoms with Gasteiger partial charge in [-0.1, -0.05) is 13.8 Å². The Balaban J connectivity index is 2.57. The molecule has 0 aromatic carbocycles. The predicted molar refractivity (Wildman–Crippen MR) is 45.9 cm³/mol. The monoisotopic (exact) mass is 169 g/mol. The lowest BCUT2D eigenvalue weighted by molar-refractivity contribution is 0.422. The Hall–Kier alpha value is -0.940. The number of H-pyrrole nitrogens is 1. The van der Waals surface area contributed by atoms with Crippen molar-refractivity contribution >= 4 is 0 Å². The van der Waals surface area contributed by atoms with E-state index in [0.717, 1.165) is 12.2 Å². The van der Waals surface area contributed by atoms with E-state index in [2.05, 4.69) is 34.5 Å². The molecule has 0 saturated carbocycles. The molecule has 1 atom stereocenters. The molecule has 68 valence electrons. The molecule has 1 aromatic rings. The molecule has 0 aliphatic carbocycles. The Kier molecular flexibility index (Phi) is 3.19. The minimum Gasteiger partial charge on any atom is -0.271 e. The molecule has 0 spiro atoms. The van der Waals surface area contributed by atoms with Gasteiger partial charge in [-0.05, 0) is 12.3 Å². The average Bonchev–Trinajstić information content (AvgIpc) is 2.51. The van der Waals surface area contributed by atoms with Crippen LogP contribution in [0.2, 0.25) is 0 Å². The Morgan fingerprint density at radius 3 is 2.83 bits per heavy atom. The van der Waals surface area contributed by atoms with E-state index in [4.69, 9.17) is 5.84 Å². The molecule has 0 aliphatic heterocycles. The molecule has 0 aliphatic rings. The molecule has 5 heteroatoms. The van der Waals surface area contributed by atoms with Crippen LogP contribution in [0.4, 0.5) is 0 Å². The smallest absolute Gasteiger partial charge is 0.142 e. The zero-order chi connectivity index (χ0) is 8.97. The van der Waals surface area contributed by atoms with Crippen molar-refractivity contribution in [3.63, 3.8) is 0 Å². The summed E-state index contributed by atoms with van der Waals surface area (Å²) >= 11 is 0. The number of hydrazine groups is 1. The lowest BCUT2D eigenvalue weighted by atomic mass is 10.0. The van der Waals surface area contributed by atoms with Crippen LogP contribution < -0.4 is 11.3 Å². The first-order valence-electron chi connectivity index (χ1n) is 4.05. The predicted octanol–water partition coefficient (Wildman–Crippen LogP) is 0.355. The SMILES string of the molecule is CC(C)CC(NN)c1ncn[nH]1. The van der Waals surface area contributed by atoms with E-state index in [-0.39, 0.29) is 6.04 Å². The second-order valence-corrected chi connectivity index (χ2v) is 3.22. The van der Waals surface area contributed by atoms with Crippen molar-refractivity contribution in [1.29, 1.82) is 0 Å². The highest BCUT2D eigenvalue weighted by Crippen LogP contribution is 2.15. The van der Waals surface area contributed by atoms with E-state index >= 15 is 0 Å². The van der Waals surface area contributed by atoms with Crippen molar-refractivity contribution in [2.45, 2.75) is 26.3 Å². The molecule has 0 amide bonds. The summed E-state index contributed by atoms with van der Waals surface area (Å²) in [5, 5.41) is 6.56. The minimum absolute atomic E-state index is 0.0764. The highest BCUT2D eigenvalue weighted by molar-refractivity contribution is 4.90. The largest absolute Gasteiger partial charge is 0.271 e. The van der Waals surface area contributed by atoms with Gasteiger partial charge in [-0.15, -0.1) is 0 Å². The van der Waals surface area contributed by atoms with Crippen LogP contribution in [0.5, 0.6) is 0 Å². The van der Waals surface area contributed by atoms with E-state index in [0.29, 0.717) is 5.92 Å². The summed E-state index contributed by atoms with van der Waals surface area (Å²) in [4.78, 5) is 4.03. The van der Waals surface area contributed by atoms with Crippen molar-refractivity contribution < 1.29 is 0 Å². The summed E-state index contributed by atoms with van der Waals surface area (Å²) in [6.07, 6.45) is 2.44. The summed E-state index contributed by atoms with van der Waals surface area (Å²) < 4.78 is 0. The van der Waals surface area contributed by atoms with Gasteiger partial charge < -0.3 is 0 Å². The molecule has 1 unspecified atom stereocenters. The number of nitrogens with two attached hydrogens (primary N) is 1. The van der Waals surface area contributed by atoms with Crippen molar-refractivity contribution in [3.8, 4) is 0 Å². The lowest BCUT2D eigenvalue weighted by Crippen LogP contribution is -2.29. The Morgan fingerprint density at radius 1 is 1.67 bits per heavy atom. The molecule has 5 nitrogen and oxygen atoms in total. The maximum Gasteiger partial charge on any atom is 0.142 e. The molecule has 1 heterocycles. The normalized spacial score (nSPS) is 13.7. The zero-order valence-corrected chi connectivity index (χ0v) is 7.41. The summed E-state index contributed by atoms with van der Waals surface area (Å²) in [5.74, 6) is 6.75. The topological polar surface area (TPSA) is 79.6 Å². The standard InChI is InChI=1S/C7H15N5/c1-5(2)3-6(11-8)7-9-4-10-12-7/h4-6,11H,3,8H2,1-2H3,(H,9,10,12). The van der Waals surface area contributed by atoms with Crippen molar-refractivity contribution in [3.05, 3.63) is 12.2 Å². The van der Waals surface area contributed by atoms with Crippen LogP contribution in [0.15, 0.2) is 6.33 Å². The van der Waals surface area contributed by atoms with E-state index in [9.17, 15) is 0 Å². The number of hydrogen-bond donors (Lipinski definition) is 3.